The van der Waals surface area contributed by atoms with Crippen LogP contribution in [0.5, 0.6) is 0 Å². The van der Waals surface area contributed by atoms with Crippen LogP contribution >= 0.6 is 0 Å². The molecule has 2 aliphatic heterocycles. The molecular weight excluding hydrogens is 346 g/mol. The molecule has 0 aromatic carbocycles. The summed E-state index contributed by atoms with van der Waals surface area (Å²) < 4.78 is 0. The lowest BCUT2D eigenvalue weighted by Gasteiger charge is -2.18. The quantitative estimate of drug-likeness (QED) is 0.674. The number of anilines is 4. The smallest absolute Gasteiger partial charge is 0.273 e. The molecule has 0 bridgehead atoms. The Kier molecular flexibility index (Phi) is 4.35. The van der Waals surface area contributed by atoms with Gasteiger partial charge in [0.2, 0.25) is 5.60 Å². The highest BCUT2D eigenvalue weighted by atomic mass is 16.3. The van der Waals surface area contributed by atoms with Gasteiger partial charge in [-0.15, -0.1) is 0 Å². The largest absolute Gasteiger partial charge is 0.368 e. The molecule has 0 radical (unpaired) electrons. The summed E-state index contributed by atoms with van der Waals surface area (Å²) in [7, 11) is 0. The molecule has 0 spiro atoms. The zero-order valence-corrected chi connectivity index (χ0v) is 14.6. The molecule has 1 amide bonds. The lowest BCUT2D eigenvalue weighted by Crippen LogP contribution is -2.38. The molecule has 2 aromatic heterocycles. The van der Waals surface area contributed by atoms with Crippen molar-refractivity contribution in [2.45, 2.75) is 12.0 Å². The maximum Gasteiger partial charge on any atom is 0.273 e. The molecule has 27 heavy (non-hydrogen) atoms. The molecule has 0 unspecified atom stereocenters. The van der Waals surface area contributed by atoms with Crippen LogP contribution in [0.2, 0.25) is 0 Å². The summed E-state index contributed by atoms with van der Waals surface area (Å²) in [6.07, 6.45) is 3.46. The normalized spacial score (nSPS) is 22.1. The van der Waals surface area contributed by atoms with Gasteiger partial charge in [-0.25, -0.2) is 9.97 Å². The summed E-state index contributed by atoms with van der Waals surface area (Å²) in [6, 6.07) is 8.91. The van der Waals surface area contributed by atoms with E-state index in [-0.39, 0.29) is 13.0 Å². The Morgan fingerprint density at radius 3 is 2.78 bits per heavy atom. The Balaban J connectivity index is 1.48. The summed E-state index contributed by atoms with van der Waals surface area (Å²) in [5.41, 5.74) is -0.326. The molecular formula is C18H19N7O2. The molecule has 0 saturated carbocycles. The van der Waals surface area contributed by atoms with Crippen LogP contribution in [-0.2, 0) is 4.79 Å². The van der Waals surface area contributed by atoms with Crippen LogP contribution in [-0.4, -0.2) is 52.9 Å². The van der Waals surface area contributed by atoms with Gasteiger partial charge in [-0.1, -0.05) is 0 Å². The molecule has 138 valence electrons. The zero-order valence-electron chi connectivity index (χ0n) is 14.6. The van der Waals surface area contributed by atoms with E-state index in [1.165, 1.54) is 4.90 Å². The molecule has 3 N–H and O–H groups in total. The van der Waals surface area contributed by atoms with E-state index in [9.17, 15) is 9.90 Å². The summed E-state index contributed by atoms with van der Waals surface area (Å²) >= 11 is 0. The number of hydrogen-bond donors (Lipinski definition) is 3. The SMILES string of the molecule is N#C[C@@]1(O)CCN(c2ccnc(Nc3ccc(N4CCNC4)cn3)c2)C1=O. The van der Waals surface area contributed by atoms with Crippen molar-refractivity contribution >= 4 is 28.9 Å². The van der Waals surface area contributed by atoms with E-state index in [4.69, 9.17) is 5.26 Å². The Hall–Kier alpha value is -3.22. The summed E-state index contributed by atoms with van der Waals surface area (Å²) in [5, 5.41) is 25.4. The number of nitrogens with zero attached hydrogens (tertiary/aromatic N) is 5. The Labute approximate surface area is 156 Å². The Morgan fingerprint density at radius 2 is 2.11 bits per heavy atom. The lowest BCUT2D eigenvalue weighted by molar-refractivity contribution is -0.128. The fourth-order valence-corrected chi connectivity index (χ4v) is 3.22. The molecule has 2 fully saturated rings. The van der Waals surface area contributed by atoms with Gasteiger partial charge in [0.05, 0.1) is 18.6 Å². The number of amides is 1. The topological polar surface area (TPSA) is 117 Å². The van der Waals surface area contributed by atoms with E-state index in [1.54, 1.807) is 30.6 Å². The van der Waals surface area contributed by atoms with Crippen LogP contribution in [0.3, 0.4) is 0 Å². The van der Waals surface area contributed by atoms with Gasteiger partial charge < -0.3 is 20.2 Å². The Morgan fingerprint density at radius 1 is 1.22 bits per heavy atom. The van der Waals surface area contributed by atoms with Gasteiger partial charge in [0.25, 0.3) is 5.91 Å². The number of nitriles is 1. The predicted molar refractivity (Wildman–Crippen MR) is 99.5 cm³/mol. The van der Waals surface area contributed by atoms with Gasteiger partial charge in [-0.2, -0.15) is 5.26 Å². The second-order valence-corrected chi connectivity index (χ2v) is 6.53. The number of carbonyl (C=O) groups excluding carboxylic acids is 1. The molecule has 9 nitrogen and oxygen atoms in total. The third-order valence-electron chi connectivity index (χ3n) is 4.77. The number of aliphatic hydroxyl groups is 1. The maximum absolute atomic E-state index is 12.3. The number of nitrogens with one attached hydrogen (secondary N) is 2. The average molecular weight is 365 g/mol. The standard InChI is InChI=1S/C18H19N7O2/c19-11-18(27)4-7-25(17(18)26)13-3-5-21-16(9-13)23-15-2-1-14(10-22-15)24-8-6-20-12-24/h1-3,5,9-10,20,27H,4,6-8,12H2,(H,21,22,23)/t18-/m0/s1. The van der Waals surface area contributed by atoms with Crippen LogP contribution in [0.25, 0.3) is 0 Å². The summed E-state index contributed by atoms with van der Waals surface area (Å²) in [4.78, 5) is 24.5. The zero-order chi connectivity index (χ0) is 18.9. The van der Waals surface area contributed by atoms with Crippen LogP contribution in [0.1, 0.15) is 6.42 Å². The molecule has 9 heteroatoms. The average Bonchev–Trinajstić information content (AvgIpc) is 3.32. The van der Waals surface area contributed by atoms with Crippen molar-refractivity contribution in [3.8, 4) is 6.07 Å². The second-order valence-electron chi connectivity index (χ2n) is 6.53. The van der Waals surface area contributed by atoms with Crippen LogP contribution in [0.15, 0.2) is 36.7 Å². The van der Waals surface area contributed by atoms with Gasteiger partial charge in [0.1, 0.15) is 17.7 Å². The lowest BCUT2D eigenvalue weighted by atomic mass is 10.1. The second kappa shape index (κ2) is 6.83. The van der Waals surface area contributed by atoms with E-state index in [0.29, 0.717) is 17.3 Å². The van der Waals surface area contributed by atoms with Crippen LogP contribution in [0, 0.1) is 11.3 Å². The van der Waals surface area contributed by atoms with Crippen molar-refractivity contribution in [3.05, 3.63) is 36.7 Å². The minimum atomic E-state index is -1.95. The van der Waals surface area contributed by atoms with Gasteiger partial charge in [0, 0.05) is 44.0 Å². The fraction of sp³-hybridized carbons (Fsp3) is 0.333. The van der Waals surface area contributed by atoms with Crippen LogP contribution < -0.4 is 20.4 Å². The number of hydrogen-bond acceptors (Lipinski definition) is 8. The molecule has 1 atom stereocenters. The van der Waals surface area contributed by atoms with Gasteiger partial charge in [-0.3, -0.25) is 10.1 Å². The van der Waals surface area contributed by atoms with Crippen molar-refractivity contribution < 1.29 is 9.90 Å². The molecule has 0 aliphatic carbocycles. The first-order chi connectivity index (χ1) is 13.1. The van der Waals surface area contributed by atoms with E-state index < -0.39 is 11.5 Å². The number of aromatic nitrogens is 2. The van der Waals surface area contributed by atoms with Crippen LogP contribution in [0.4, 0.5) is 23.0 Å². The molecule has 4 rings (SSSR count). The molecule has 2 saturated heterocycles. The number of pyridine rings is 2. The van der Waals surface area contributed by atoms with Gasteiger partial charge in [-0.05, 0) is 18.2 Å². The molecule has 2 aromatic rings. The van der Waals surface area contributed by atoms with Crippen molar-refractivity contribution in [1.82, 2.24) is 15.3 Å². The third-order valence-corrected chi connectivity index (χ3v) is 4.77. The highest BCUT2D eigenvalue weighted by molar-refractivity contribution is 6.03. The van der Waals surface area contributed by atoms with Crippen molar-refractivity contribution in [1.29, 1.82) is 5.26 Å². The minimum Gasteiger partial charge on any atom is -0.368 e. The van der Waals surface area contributed by atoms with Gasteiger partial charge >= 0.3 is 0 Å². The first kappa shape index (κ1) is 17.2. The van der Waals surface area contributed by atoms with E-state index in [2.05, 4.69) is 25.5 Å². The molecule has 2 aliphatic rings. The monoisotopic (exact) mass is 365 g/mol. The van der Waals surface area contributed by atoms with Crippen molar-refractivity contribution in [3.63, 3.8) is 0 Å². The first-order valence-corrected chi connectivity index (χ1v) is 8.69. The third kappa shape index (κ3) is 3.28. The molecule has 4 heterocycles. The predicted octanol–water partition coefficient (Wildman–Crippen LogP) is 0.579. The number of rotatable bonds is 4. The fourth-order valence-electron chi connectivity index (χ4n) is 3.22. The number of carbonyl (C=O) groups is 1. The van der Waals surface area contributed by atoms with Crippen molar-refractivity contribution in [2.24, 2.45) is 0 Å². The minimum absolute atomic E-state index is 0.0851. The maximum atomic E-state index is 12.3. The van der Waals surface area contributed by atoms with E-state index in [1.807, 2.05) is 12.1 Å². The van der Waals surface area contributed by atoms with E-state index in [0.717, 1.165) is 25.4 Å². The van der Waals surface area contributed by atoms with E-state index >= 15 is 0 Å². The highest BCUT2D eigenvalue weighted by Gasteiger charge is 2.46. The summed E-state index contributed by atoms with van der Waals surface area (Å²) in [5.74, 6) is 0.552. The van der Waals surface area contributed by atoms with Crippen molar-refractivity contribution in [2.75, 3.05) is 41.4 Å². The Bertz CT molecular complexity index is 889. The van der Waals surface area contributed by atoms with Gasteiger partial charge in [0.15, 0.2) is 0 Å². The first-order valence-electron chi connectivity index (χ1n) is 8.69. The summed E-state index contributed by atoms with van der Waals surface area (Å²) in [6.45, 7) is 3.02. The highest BCUT2D eigenvalue weighted by Crippen LogP contribution is 2.29.